The third-order valence-electron chi connectivity index (χ3n) is 8.30. The first kappa shape index (κ1) is 31.2. The summed E-state index contributed by atoms with van der Waals surface area (Å²) >= 11 is 0. The van der Waals surface area contributed by atoms with Crippen LogP contribution in [0.15, 0.2) is 53.6 Å². The van der Waals surface area contributed by atoms with Crippen molar-refractivity contribution in [3.63, 3.8) is 0 Å². The van der Waals surface area contributed by atoms with E-state index < -0.39 is 11.7 Å². The van der Waals surface area contributed by atoms with Crippen molar-refractivity contribution in [2.75, 3.05) is 20.8 Å². The van der Waals surface area contributed by atoms with E-state index in [-0.39, 0.29) is 11.9 Å². The van der Waals surface area contributed by atoms with E-state index in [2.05, 4.69) is 32.9 Å². The normalized spacial score (nSPS) is 19.5. The van der Waals surface area contributed by atoms with Gasteiger partial charge in [0.25, 0.3) is 5.91 Å². The molecule has 0 fully saturated rings. The third-order valence-corrected chi connectivity index (χ3v) is 8.30. The van der Waals surface area contributed by atoms with Crippen molar-refractivity contribution in [3.05, 3.63) is 75.9 Å². The van der Waals surface area contributed by atoms with Crippen molar-refractivity contribution in [2.45, 2.75) is 91.4 Å². The molecule has 42 heavy (non-hydrogen) atoms. The van der Waals surface area contributed by atoms with Crippen molar-refractivity contribution in [3.8, 4) is 17.2 Å². The highest BCUT2D eigenvalue weighted by Gasteiger charge is 2.46. The van der Waals surface area contributed by atoms with Gasteiger partial charge in [0.05, 0.1) is 26.3 Å². The summed E-state index contributed by atoms with van der Waals surface area (Å²) in [6.07, 6.45) is 8.74. The Labute approximate surface area is 250 Å². The van der Waals surface area contributed by atoms with E-state index >= 15 is 0 Å². The van der Waals surface area contributed by atoms with Gasteiger partial charge < -0.3 is 23.8 Å². The molecule has 0 aromatic heterocycles. The number of amides is 1. The fraction of sp³-hybridized carbons (Fsp3) is 0.486. The summed E-state index contributed by atoms with van der Waals surface area (Å²) in [5, 5.41) is 0. The first-order chi connectivity index (χ1) is 20.0. The summed E-state index contributed by atoms with van der Waals surface area (Å²) in [7, 11) is 3.25. The van der Waals surface area contributed by atoms with Gasteiger partial charge in [-0.05, 0) is 83.6 Å². The van der Waals surface area contributed by atoms with Crippen molar-refractivity contribution in [2.24, 2.45) is 0 Å². The second kappa shape index (κ2) is 13.5. The zero-order valence-corrected chi connectivity index (χ0v) is 26.2. The van der Waals surface area contributed by atoms with E-state index in [0.29, 0.717) is 43.0 Å². The largest absolute Gasteiger partial charge is 0.497 e. The Balaban J connectivity index is 1.56. The topological polar surface area (TPSA) is 74.3 Å². The number of fused-ring (bicyclic) bond motifs is 3. The van der Waals surface area contributed by atoms with E-state index in [1.165, 1.54) is 18.1 Å². The van der Waals surface area contributed by atoms with Crippen LogP contribution in [0.3, 0.4) is 0 Å². The molecular weight excluding hydrogens is 530 g/mol. The first-order valence-electron chi connectivity index (χ1n) is 14.8. The minimum absolute atomic E-state index is 0.0260. The zero-order valence-electron chi connectivity index (χ0n) is 26.2. The minimum Gasteiger partial charge on any atom is -0.497 e. The van der Waals surface area contributed by atoms with Crippen molar-refractivity contribution >= 4 is 11.9 Å². The molecule has 2 atom stereocenters. The number of hydrogen-bond donors (Lipinski definition) is 0. The molecule has 2 heterocycles. The van der Waals surface area contributed by atoms with Gasteiger partial charge in [-0.15, -0.1) is 0 Å². The Morgan fingerprint density at radius 3 is 2.43 bits per heavy atom. The second-order valence-electron chi connectivity index (χ2n) is 11.9. The quantitative estimate of drug-likeness (QED) is 0.200. The molecule has 226 valence electrons. The number of esters is 1. The van der Waals surface area contributed by atoms with Crippen LogP contribution in [0.4, 0.5) is 0 Å². The van der Waals surface area contributed by atoms with Gasteiger partial charge in [0, 0.05) is 31.0 Å². The van der Waals surface area contributed by atoms with Crippen LogP contribution in [0, 0.1) is 0 Å². The van der Waals surface area contributed by atoms with Crippen LogP contribution in [-0.2, 0) is 28.9 Å². The van der Waals surface area contributed by atoms with Crippen LogP contribution in [0.5, 0.6) is 17.2 Å². The van der Waals surface area contributed by atoms with E-state index in [9.17, 15) is 9.59 Å². The van der Waals surface area contributed by atoms with Crippen LogP contribution in [0.25, 0.3) is 0 Å². The Morgan fingerprint density at radius 1 is 1.05 bits per heavy atom. The highest BCUT2D eigenvalue weighted by molar-refractivity contribution is 6.00. The van der Waals surface area contributed by atoms with E-state index in [1.807, 2.05) is 42.2 Å². The highest BCUT2D eigenvalue weighted by atomic mass is 16.6. The number of hydrogen-bond acceptors (Lipinski definition) is 6. The van der Waals surface area contributed by atoms with Crippen LogP contribution >= 0.6 is 0 Å². The molecule has 7 heteroatoms. The number of rotatable bonds is 12. The van der Waals surface area contributed by atoms with E-state index in [0.717, 1.165) is 48.1 Å². The Hall–Kier alpha value is -3.74. The lowest BCUT2D eigenvalue weighted by molar-refractivity contribution is -0.160. The molecule has 0 saturated heterocycles. The SMILES string of the molecule is COc1ccc(CCN2Cc3c(cc(OC)c4c3O[C@@](C)(CC/C=C(\C)CCC=C(C)C)[C@@H](OC(C)=O)C4)C2=O)cc1. The van der Waals surface area contributed by atoms with Crippen molar-refractivity contribution in [1.29, 1.82) is 0 Å². The minimum atomic E-state index is -0.755. The maximum atomic E-state index is 13.5. The van der Waals surface area contributed by atoms with E-state index in [1.54, 1.807) is 14.2 Å². The average molecular weight is 576 g/mol. The number of methoxy groups -OCH3 is 2. The van der Waals surface area contributed by atoms with E-state index in [4.69, 9.17) is 18.9 Å². The molecule has 0 N–H and O–H groups in total. The average Bonchev–Trinajstić information content (AvgIpc) is 3.27. The molecule has 0 radical (unpaired) electrons. The summed E-state index contributed by atoms with van der Waals surface area (Å²) in [6.45, 7) is 10.9. The summed E-state index contributed by atoms with van der Waals surface area (Å²) in [5.41, 5.74) is 5.38. The fourth-order valence-corrected chi connectivity index (χ4v) is 5.81. The maximum Gasteiger partial charge on any atom is 0.303 e. The van der Waals surface area contributed by atoms with Crippen LogP contribution in [0.2, 0.25) is 0 Å². The monoisotopic (exact) mass is 575 g/mol. The number of carbonyl (C=O) groups is 2. The van der Waals surface area contributed by atoms with Crippen LogP contribution in [0.1, 0.15) is 87.4 Å². The van der Waals surface area contributed by atoms with Gasteiger partial charge in [0.2, 0.25) is 0 Å². The predicted octanol–water partition coefficient (Wildman–Crippen LogP) is 7.00. The molecule has 2 aliphatic heterocycles. The van der Waals surface area contributed by atoms with Crippen LogP contribution in [-0.4, -0.2) is 49.2 Å². The molecular formula is C35H45NO6. The molecule has 0 spiro atoms. The summed E-state index contributed by atoms with van der Waals surface area (Å²) in [4.78, 5) is 27.5. The number of carbonyl (C=O) groups excluding carboxylic acids is 2. The predicted molar refractivity (Wildman–Crippen MR) is 164 cm³/mol. The number of allylic oxidation sites excluding steroid dienone is 4. The summed E-state index contributed by atoms with van der Waals surface area (Å²) in [6, 6.07) is 9.74. The van der Waals surface area contributed by atoms with Gasteiger partial charge in [-0.3, -0.25) is 9.59 Å². The molecule has 2 aromatic carbocycles. The molecule has 0 unspecified atom stereocenters. The molecule has 4 rings (SSSR count). The molecule has 2 aromatic rings. The Bertz CT molecular complexity index is 1350. The lowest BCUT2D eigenvalue weighted by Gasteiger charge is -2.42. The number of nitrogens with zero attached hydrogens (tertiary/aromatic N) is 1. The lowest BCUT2D eigenvalue weighted by Crippen LogP contribution is -2.51. The molecule has 1 amide bonds. The first-order valence-corrected chi connectivity index (χ1v) is 14.8. The second-order valence-corrected chi connectivity index (χ2v) is 11.9. The van der Waals surface area contributed by atoms with Gasteiger partial charge in [-0.25, -0.2) is 0 Å². The smallest absolute Gasteiger partial charge is 0.303 e. The molecule has 2 aliphatic rings. The molecule has 7 nitrogen and oxygen atoms in total. The van der Waals surface area contributed by atoms with Gasteiger partial charge in [0.1, 0.15) is 29.0 Å². The van der Waals surface area contributed by atoms with Gasteiger partial charge >= 0.3 is 5.97 Å². The van der Waals surface area contributed by atoms with Crippen molar-refractivity contribution in [1.82, 2.24) is 4.90 Å². The maximum absolute atomic E-state index is 13.5. The van der Waals surface area contributed by atoms with Crippen molar-refractivity contribution < 1.29 is 28.5 Å². The highest BCUT2D eigenvalue weighted by Crippen LogP contribution is 2.47. The third kappa shape index (κ3) is 7.18. The molecule has 0 saturated carbocycles. The van der Waals surface area contributed by atoms with Gasteiger partial charge in [-0.1, -0.05) is 35.4 Å². The molecule has 0 bridgehead atoms. The van der Waals surface area contributed by atoms with Crippen LogP contribution < -0.4 is 14.2 Å². The Kier molecular flexibility index (Phi) is 10.0. The standard InChI is InChI=1S/C35H45NO6/c1-23(2)10-8-11-24(3)12-9-18-35(5)32(41-25(4)37)21-29-31(40-7)20-28-30(33(29)42-35)22-36(34(28)38)19-17-26-13-15-27(39-6)16-14-26/h10,12-16,20,32H,8-9,11,17-19,21-22H2,1-7H3/b24-12+/t32-,35-/m0/s1. The number of benzene rings is 2. The summed E-state index contributed by atoms with van der Waals surface area (Å²) < 4.78 is 23.7. The Morgan fingerprint density at radius 2 is 1.79 bits per heavy atom. The molecule has 0 aliphatic carbocycles. The number of ether oxygens (including phenoxy) is 4. The van der Waals surface area contributed by atoms with Gasteiger partial charge in [-0.2, -0.15) is 0 Å². The van der Waals surface area contributed by atoms with Gasteiger partial charge in [0.15, 0.2) is 0 Å². The lowest BCUT2D eigenvalue weighted by atomic mass is 9.83. The zero-order chi connectivity index (χ0) is 30.4. The fourth-order valence-electron chi connectivity index (χ4n) is 5.81. The summed E-state index contributed by atoms with van der Waals surface area (Å²) in [5.74, 6) is 1.72.